The molecule has 0 aliphatic rings. The first-order valence-electron chi connectivity index (χ1n) is 10.8. The highest BCUT2D eigenvalue weighted by atomic mass is 16.1. The average molecular weight is 451 g/mol. The molecule has 0 unspecified atom stereocenters. The van der Waals surface area contributed by atoms with E-state index in [9.17, 15) is 4.79 Å². The van der Waals surface area contributed by atoms with Crippen molar-refractivity contribution >= 4 is 28.8 Å². The third-order valence-electron chi connectivity index (χ3n) is 5.32. The normalized spacial score (nSPS) is 11.8. The van der Waals surface area contributed by atoms with Crippen molar-refractivity contribution in [1.29, 1.82) is 0 Å². The third kappa shape index (κ3) is 4.44. The molecule has 0 saturated heterocycles. The summed E-state index contributed by atoms with van der Waals surface area (Å²) in [4.78, 5) is 33.4. The predicted octanol–water partition coefficient (Wildman–Crippen LogP) is 4.40. The summed E-state index contributed by atoms with van der Waals surface area (Å²) in [6.45, 7) is 3.50. The van der Waals surface area contributed by atoms with Gasteiger partial charge in [0.15, 0.2) is 0 Å². The van der Waals surface area contributed by atoms with E-state index in [1.54, 1.807) is 24.8 Å². The fourth-order valence-electron chi connectivity index (χ4n) is 3.66. The van der Waals surface area contributed by atoms with Crippen LogP contribution in [0.15, 0.2) is 79.4 Å². The summed E-state index contributed by atoms with van der Waals surface area (Å²) < 4.78 is 1.92. The highest BCUT2D eigenvalue weighted by molar-refractivity contribution is 5.87. The second kappa shape index (κ2) is 9.07. The summed E-state index contributed by atoms with van der Waals surface area (Å²) in [6.07, 6.45) is 5.08. The van der Waals surface area contributed by atoms with Gasteiger partial charge in [0.05, 0.1) is 22.8 Å². The van der Waals surface area contributed by atoms with Gasteiger partial charge < -0.3 is 5.32 Å². The molecule has 0 saturated carbocycles. The van der Waals surface area contributed by atoms with Crippen molar-refractivity contribution in [3.63, 3.8) is 0 Å². The largest absolute Gasteiger partial charge is 0.348 e. The summed E-state index contributed by atoms with van der Waals surface area (Å²) >= 11 is 0. The van der Waals surface area contributed by atoms with Crippen molar-refractivity contribution in [3.05, 3.63) is 84.9 Å². The molecule has 9 heteroatoms. The number of carbonyl (C=O) groups excluding carboxylic acids is 1. The Hall–Kier alpha value is -4.66. The third-order valence-corrected chi connectivity index (χ3v) is 5.32. The number of anilines is 2. The molecule has 2 aromatic carbocycles. The number of carbonyl (C=O) groups is 1. The minimum Gasteiger partial charge on any atom is -0.348 e. The molecule has 9 nitrogen and oxygen atoms in total. The van der Waals surface area contributed by atoms with Crippen LogP contribution in [0.25, 0.3) is 28.1 Å². The van der Waals surface area contributed by atoms with Crippen molar-refractivity contribution in [2.75, 3.05) is 10.6 Å². The topological polar surface area (TPSA) is 111 Å². The van der Waals surface area contributed by atoms with Gasteiger partial charge in [0.1, 0.15) is 12.1 Å². The molecular weight excluding hydrogens is 428 g/mol. The van der Waals surface area contributed by atoms with Crippen molar-refractivity contribution < 1.29 is 4.79 Å². The monoisotopic (exact) mass is 450 g/mol. The average Bonchev–Trinajstić information content (AvgIpc) is 3.28. The van der Waals surface area contributed by atoms with Crippen LogP contribution in [0.4, 0.5) is 11.9 Å². The number of amides is 1. The molecule has 5 aromatic rings. The molecule has 2 N–H and O–H groups in total. The Kier molecular flexibility index (Phi) is 5.65. The number of benzene rings is 2. The van der Waals surface area contributed by atoms with Crippen LogP contribution in [0.1, 0.15) is 25.5 Å². The smallest absolute Gasteiger partial charge is 0.229 e. The lowest BCUT2D eigenvalue weighted by Crippen LogP contribution is -2.10. The van der Waals surface area contributed by atoms with Gasteiger partial charge in [-0.3, -0.25) is 14.7 Å². The quantitative estimate of drug-likeness (QED) is 0.394. The zero-order valence-electron chi connectivity index (χ0n) is 18.7. The van der Waals surface area contributed by atoms with Crippen LogP contribution in [0.2, 0.25) is 0 Å². The molecule has 3 aromatic heterocycles. The number of hydrogen-bond donors (Lipinski definition) is 2. The van der Waals surface area contributed by atoms with E-state index in [0.717, 1.165) is 22.2 Å². The Labute approximate surface area is 196 Å². The Balaban J connectivity index is 1.42. The molecule has 0 aliphatic heterocycles. The van der Waals surface area contributed by atoms with Gasteiger partial charge in [-0.2, -0.15) is 4.98 Å². The summed E-state index contributed by atoms with van der Waals surface area (Å²) in [5.41, 5.74) is 4.42. The summed E-state index contributed by atoms with van der Waals surface area (Å²) in [6, 6.07) is 19.7. The maximum Gasteiger partial charge on any atom is 0.229 e. The zero-order valence-corrected chi connectivity index (χ0v) is 18.7. The van der Waals surface area contributed by atoms with E-state index >= 15 is 0 Å². The number of nitrogens with one attached hydrogen (secondary N) is 2. The van der Waals surface area contributed by atoms with E-state index < -0.39 is 0 Å². The summed E-state index contributed by atoms with van der Waals surface area (Å²) in [5.74, 6) is 1.30. The number of hydrogen-bond acceptors (Lipinski definition) is 7. The number of fused-ring (bicyclic) bond motifs is 1. The van der Waals surface area contributed by atoms with Crippen molar-refractivity contribution in [1.82, 2.24) is 29.5 Å². The van der Waals surface area contributed by atoms with Crippen LogP contribution in [-0.4, -0.2) is 35.4 Å². The predicted molar refractivity (Wildman–Crippen MR) is 130 cm³/mol. The van der Waals surface area contributed by atoms with Crippen LogP contribution < -0.4 is 10.6 Å². The van der Waals surface area contributed by atoms with Gasteiger partial charge in [0.25, 0.3) is 0 Å². The summed E-state index contributed by atoms with van der Waals surface area (Å²) in [7, 11) is 0. The highest BCUT2D eigenvalue weighted by Crippen LogP contribution is 2.25. The summed E-state index contributed by atoms with van der Waals surface area (Å²) in [5, 5.41) is 5.96. The van der Waals surface area contributed by atoms with E-state index in [1.165, 1.54) is 6.92 Å². The minimum absolute atomic E-state index is 0.0637. The fourth-order valence-corrected chi connectivity index (χ4v) is 3.66. The molecular formula is C25H22N8O. The maximum absolute atomic E-state index is 11.3. The Bertz CT molecular complexity index is 1460. The molecule has 168 valence electrons. The number of aromatic nitrogens is 6. The first kappa shape index (κ1) is 21.2. The van der Waals surface area contributed by atoms with E-state index in [4.69, 9.17) is 4.98 Å². The molecule has 0 aliphatic carbocycles. The molecule has 0 spiro atoms. The van der Waals surface area contributed by atoms with E-state index in [1.807, 2.05) is 47.0 Å². The molecule has 0 bridgehead atoms. The molecule has 3 heterocycles. The van der Waals surface area contributed by atoms with Gasteiger partial charge in [-0.25, -0.2) is 19.9 Å². The molecule has 34 heavy (non-hydrogen) atoms. The molecule has 1 atom stereocenters. The molecule has 0 fully saturated rings. The maximum atomic E-state index is 11.3. The molecule has 0 radical (unpaired) electrons. The van der Waals surface area contributed by atoms with Crippen LogP contribution >= 0.6 is 0 Å². The van der Waals surface area contributed by atoms with Crippen molar-refractivity contribution in [3.8, 4) is 17.1 Å². The van der Waals surface area contributed by atoms with Crippen LogP contribution in [0.5, 0.6) is 0 Å². The first-order chi connectivity index (χ1) is 16.6. The number of imidazole rings is 1. The van der Waals surface area contributed by atoms with Crippen molar-refractivity contribution in [2.24, 2.45) is 0 Å². The van der Waals surface area contributed by atoms with Gasteiger partial charge in [-0.1, -0.05) is 36.4 Å². The van der Waals surface area contributed by atoms with E-state index in [2.05, 4.69) is 49.6 Å². The van der Waals surface area contributed by atoms with Crippen LogP contribution in [0, 0.1) is 0 Å². The van der Waals surface area contributed by atoms with Gasteiger partial charge in [0, 0.05) is 24.9 Å². The lowest BCUT2D eigenvalue weighted by molar-refractivity contribution is -0.114. The SMILES string of the molecule is CC(=O)Nc1nccc(-c2ccc3c(c2)ncn3-c2ccnc(N[C@@H](C)c3ccccc3)n2)n1. The zero-order chi connectivity index (χ0) is 23.5. The number of rotatable bonds is 6. The molecule has 1 amide bonds. The van der Waals surface area contributed by atoms with Crippen molar-refractivity contribution in [2.45, 2.75) is 19.9 Å². The van der Waals surface area contributed by atoms with Gasteiger partial charge in [-0.05, 0) is 36.8 Å². The Morgan fingerprint density at radius 3 is 2.53 bits per heavy atom. The Morgan fingerprint density at radius 1 is 0.912 bits per heavy atom. The second-order valence-electron chi connectivity index (χ2n) is 7.78. The van der Waals surface area contributed by atoms with E-state index in [0.29, 0.717) is 17.5 Å². The molecule has 5 rings (SSSR count). The fraction of sp³-hybridized carbons (Fsp3) is 0.120. The minimum atomic E-state index is -0.219. The van der Waals surface area contributed by atoms with E-state index in [-0.39, 0.29) is 17.9 Å². The standard InChI is InChI=1S/C25H22N8O/c1-16(18-6-4-3-5-7-18)29-24-27-13-11-23(32-24)33-15-28-21-14-19(8-9-22(21)33)20-10-12-26-25(31-20)30-17(2)34/h3-16H,1-2H3,(H,27,29,32)(H,26,30,31,34)/t16-/m0/s1. The lowest BCUT2D eigenvalue weighted by Gasteiger charge is -2.14. The van der Waals surface area contributed by atoms with Crippen LogP contribution in [-0.2, 0) is 4.79 Å². The second-order valence-corrected chi connectivity index (χ2v) is 7.78. The lowest BCUT2D eigenvalue weighted by atomic mass is 10.1. The highest BCUT2D eigenvalue weighted by Gasteiger charge is 2.12. The van der Waals surface area contributed by atoms with Gasteiger partial charge >= 0.3 is 0 Å². The first-order valence-corrected chi connectivity index (χ1v) is 10.8. The van der Waals surface area contributed by atoms with Gasteiger partial charge in [-0.15, -0.1) is 0 Å². The Morgan fingerprint density at radius 2 is 1.71 bits per heavy atom. The van der Waals surface area contributed by atoms with Gasteiger partial charge in [0.2, 0.25) is 17.8 Å². The number of nitrogens with zero attached hydrogens (tertiary/aromatic N) is 6. The van der Waals surface area contributed by atoms with Crippen LogP contribution in [0.3, 0.4) is 0 Å².